The predicted octanol–water partition coefficient (Wildman–Crippen LogP) is 2.24. The van der Waals surface area contributed by atoms with E-state index in [2.05, 4.69) is 0 Å². The van der Waals surface area contributed by atoms with E-state index in [9.17, 15) is 13.2 Å². The highest BCUT2D eigenvalue weighted by molar-refractivity contribution is 7.88. The summed E-state index contributed by atoms with van der Waals surface area (Å²) < 4.78 is 30.8. The van der Waals surface area contributed by atoms with Crippen molar-refractivity contribution in [1.82, 2.24) is 9.21 Å². The van der Waals surface area contributed by atoms with Gasteiger partial charge in [0.1, 0.15) is 5.76 Å². The van der Waals surface area contributed by atoms with Crippen molar-refractivity contribution in [2.24, 2.45) is 5.92 Å². The molecule has 1 aromatic heterocycles. The third-order valence-corrected chi connectivity index (χ3v) is 6.80. The van der Waals surface area contributed by atoms with Gasteiger partial charge in [0.05, 0.1) is 5.56 Å². The lowest BCUT2D eigenvalue weighted by Gasteiger charge is -2.31. The smallest absolute Gasteiger partial charge is 0.275 e. The largest absolute Gasteiger partial charge is 0.448 e. The van der Waals surface area contributed by atoms with Crippen molar-refractivity contribution in [3.8, 4) is 0 Å². The molecule has 2 atom stereocenters. The number of fused-ring (bicyclic) bond motifs is 1. The summed E-state index contributed by atoms with van der Waals surface area (Å²) in [5, 5.41) is -0.164. The van der Waals surface area contributed by atoms with Gasteiger partial charge in [0.15, 0.2) is 0 Å². The van der Waals surface area contributed by atoms with E-state index in [1.165, 1.54) is 33.0 Å². The molecule has 3 rings (SSSR count). The van der Waals surface area contributed by atoms with Crippen LogP contribution in [0.1, 0.15) is 48.2 Å². The lowest BCUT2D eigenvalue weighted by Crippen LogP contribution is -2.39. The maximum Gasteiger partial charge on any atom is 0.275 e. The number of carbonyl (C=O) groups excluding carboxylic acids is 1. The van der Waals surface area contributed by atoms with E-state index in [4.69, 9.17) is 4.42 Å². The molecule has 1 aromatic rings. The number of aryl methyl sites for hydroxylation is 1. The molecule has 1 saturated carbocycles. The topological polar surface area (TPSA) is 70.8 Å². The zero-order chi connectivity index (χ0) is 16.8. The summed E-state index contributed by atoms with van der Waals surface area (Å²) in [6.45, 7) is 2.41. The second kappa shape index (κ2) is 5.94. The Labute approximate surface area is 137 Å². The van der Waals surface area contributed by atoms with Crippen molar-refractivity contribution in [3.05, 3.63) is 17.4 Å². The number of hydrogen-bond acceptors (Lipinski definition) is 4. The monoisotopic (exact) mass is 340 g/mol. The molecule has 1 aliphatic carbocycles. The van der Waals surface area contributed by atoms with Gasteiger partial charge in [-0.25, -0.2) is 12.7 Å². The Bertz CT molecular complexity index is 708. The highest BCUT2D eigenvalue weighted by Gasteiger charge is 2.39. The molecular formula is C16H24N2O4S. The van der Waals surface area contributed by atoms with Gasteiger partial charge in [-0.15, -0.1) is 0 Å². The van der Waals surface area contributed by atoms with E-state index in [1.54, 1.807) is 6.92 Å². The number of likely N-dealkylation sites (tertiary alicyclic amines) is 1. The zero-order valence-corrected chi connectivity index (χ0v) is 14.7. The Kier molecular flexibility index (Phi) is 4.27. The van der Waals surface area contributed by atoms with Crippen molar-refractivity contribution in [1.29, 1.82) is 0 Å². The van der Waals surface area contributed by atoms with Crippen LogP contribution in [0.25, 0.3) is 0 Å². The maximum absolute atomic E-state index is 12.9. The van der Waals surface area contributed by atoms with Crippen LogP contribution in [0.2, 0.25) is 0 Å². The zero-order valence-electron chi connectivity index (χ0n) is 13.9. The molecule has 2 fully saturated rings. The fraction of sp³-hybridized carbons (Fsp3) is 0.688. The van der Waals surface area contributed by atoms with Gasteiger partial charge in [-0.3, -0.25) is 4.79 Å². The fourth-order valence-corrected chi connectivity index (χ4v) is 4.64. The van der Waals surface area contributed by atoms with Gasteiger partial charge in [0, 0.05) is 32.7 Å². The van der Waals surface area contributed by atoms with Crippen LogP contribution >= 0.6 is 0 Å². The lowest BCUT2D eigenvalue weighted by molar-refractivity contribution is 0.0688. The van der Waals surface area contributed by atoms with Gasteiger partial charge < -0.3 is 9.32 Å². The van der Waals surface area contributed by atoms with E-state index < -0.39 is 10.0 Å². The van der Waals surface area contributed by atoms with Crippen LogP contribution in [0.15, 0.2) is 15.6 Å². The average Bonchev–Trinajstić information content (AvgIpc) is 3.10. The molecule has 1 aliphatic heterocycles. The van der Waals surface area contributed by atoms with E-state index in [1.807, 2.05) is 4.90 Å². The normalized spacial score (nSPS) is 25.0. The number of amides is 1. The van der Waals surface area contributed by atoms with Crippen LogP contribution in [0.5, 0.6) is 0 Å². The van der Waals surface area contributed by atoms with Crippen LogP contribution < -0.4 is 0 Å². The second-order valence-corrected chi connectivity index (χ2v) is 8.80. The molecule has 2 aliphatic rings. The maximum atomic E-state index is 12.9. The van der Waals surface area contributed by atoms with Gasteiger partial charge in [-0.1, -0.05) is 12.8 Å². The van der Waals surface area contributed by atoms with Crippen LogP contribution in [0.3, 0.4) is 0 Å². The fourth-order valence-electron chi connectivity index (χ4n) is 3.79. The van der Waals surface area contributed by atoms with E-state index in [-0.39, 0.29) is 11.0 Å². The van der Waals surface area contributed by atoms with Gasteiger partial charge in [-0.2, -0.15) is 0 Å². The highest BCUT2D eigenvalue weighted by atomic mass is 32.2. The minimum absolute atomic E-state index is 0.0964. The average molecular weight is 340 g/mol. The number of nitrogens with zero attached hydrogens (tertiary/aromatic N) is 2. The molecule has 0 aromatic carbocycles. The standard InChI is InChI=1S/C16H24N2O4S/c1-11-13(10-15(22-11)23(20,21)17(2)3)16(19)18-9-8-12-6-4-5-7-14(12)18/h10,12,14H,4-9H2,1-3H3/t12-,14+/m0/s1. The number of rotatable bonds is 3. The predicted molar refractivity (Wildman–Crippen MR) is 85.7 cm³/mol. The molecule has 6 nitrogen and oxygen atoms in total. The van der Waals surface area contributed by atoms with Gasteiger partial charge in [0.25, 0.3) is 15.9 Å². The Morgan fingerprint density at radius 1 is 1.26 bits per heavy atom. The molecule has 128 valence electrons. The SMILES string of the molecule is Cc1oc(S(=O)(=O)N(C)C)cc1C(=O)N1CC[C@@H]2CCCC[C@H]21. The van der Waals surface area contributed by atoms with Crippen molar-refractivity contribution < 1.29 is 17.6 Å². The molecule has 7 heteroatoms. The first kappa shape index (κ1) is 16.5. The molecule has 23 heavy (non-hydrogen) atoms. The Hall–Kier alpha value is -1.34. The third-order valence-electron chi connectivity index (χ3n) is 5.13. The van der Waals surface area contributed by atoms with Crippen molar-refractivity contribution in [2.75, 3.05) is 20.6 Å². The first-order valence-electron chi connectivity index (χ1n) is 8.16. The summed E-state index contributed by atoms with van der Waals surface area (Å²) in [5.41, 5.74) is 0.372. The molecular weight excluding hydrogens is 316 g/mol. The van der Waals surface area contributed by atoms with Crippen molar-refractivity contribution in [2.45, 2.75) is 50.2 Å². The van der Waals surface area contributed by atoms with E-state index >= 15 is 0 Å². The van der Waals surface area contributed by atoms with Crippen LogP contribution in [0.4, 0.5) is 0 Å². The summed E-state index contributed by atoms with van der Waals surface area (Å²) in [6, 6.07) is 1.68. The molecule has 0 radical (unpaired) electrons. The number of hydrogen-bond donors (Lipinski definition) is 0. The summed E-state index contributed by atoms with van der Waals surface area (Å²) in [7, 11) is -0.771. The first-order valence-corrected chi connectivity index (χ1v) is 9.60. The number of carbonyl (C=O) groups is 1. The second-order valence-electron chi connectivity index (χ2n) is 6.72. The van der Waals surface area contributed by atoms with Gasteiger partial charge in [0.2, 0.25) is 5.09 Å². The van der Waals surface area contributed by atoms with Crippen molar-refractivity contribution >= 4 is 15.9 Å². The minimum Gasteiger partial charge on any atom is -0.448 e. The Balaban J connectivity index is 1.87. The first-order chi connectivity index (χ1) is 10.8. The number of sulfonamides is 1. The van der Waals surface area contributed by atoms with Crippen molar-refractivity contribution in [3.63, 3.8) is 0 Å². The Morgan fingerprint density at radius 3 is 2.65 bits per heavy atom. The third kappa shape index (κ3) is 2.80. The summed E-state index contributed by atoms with van der Waals surface area (Å²) in [6.07, 6.45) is 5.71. The number of furan rings is 1. The molecule has 0 bridgehead atoms. The van der Waals surface area contributed by atoms with Crippen LogP contribution in [-0.2, 0) is 10.0 Å². The van der Waals surface area contributed by atoms with Gasteiger partial charge >= 0.3 is 0 Å². The minimum atomic E-state index is -3.66. The van der Waals surface area contributed by atoms with E-state index in [0.29, 0.717) is 23.3 Å². The van der Waals surface area contributed by atoms with Crippen LogP contribution in [0, 0.1) is 12.8 Å². The summed E-state index contributed by atoms with van der Waals surface area (Å²) in [4.78, 5) is 14.8. The highest BCUT2D eigenvalue weighted by Crippen LogP contribution is 2.37. The molecule has 0 N–H and O–H groups in total. The quantitative estimate of drug-likeness (QED) is 0.846. The molecule has 1 amide bonds. The summed E-state index contributed by atoms with van der Waals surface area (Å²) >= 11 is 0. The molecule has 2 heterocycles. The molecule has 0 spiro atoms. The van der Waals surface area contributed by atoms with Gasteiger partial charge in [-0.05, 0) is 32.1 Å². The molecule has 0 unspecified atom stereocenters. The van der Waals surface area contributed by atoms with Crippen LogP contribution in [-0.4, -0.2) is 50.2 Å². The molecule has 1 saturated heterocycles. The van der Waals surface area contributed by atoms with E-state index in [0.717, 1.165) is 30.1 Å². The Morgan fingerprint density at radius 2 is 1.96 bits per heavy atom. The lowest BCUT2D eigenvalue weighted by atomic mass is 9.85. The summed E-state index contributed by atoms with van der Waals surface area (Å²) in [5.74, 6) is 0.875.